The molecule has 1 rings (SSSR count). The Morgan fingerprint density at radius 2 is 2.11 bits per heavy atom. The number of aromatic nitrogens is 3. The first-order valence-electron chi connectivity index (χ1n) is 7.59. The predicted octanol–water partition coefficient (Wildman–Crippen LogP) is 2.28. The molecule has 5 heteroatoms. The van der Waals surface area contributed by atoms with Crippen LogP contribution in [0, 0.1) is 5.92 Å². The summed E-state index contributed by atoms with van der Waals surface area (Å²) < 4.78 is 2.00. The van der Waals surface area contributed by atoms with Crippen LogP contribution in [0.15, 0.2) is 6.33 Å². The molecule has 1 aromatic rings. The molecule has 1 aromatic heterocycles. The Hall–Kier alpha value is -0.940. The average molecular weight is 267 g/mol. The van der Waals surface area contributed by atoms with Crippen LogP contribution in [-0.4, -0.2) is 20.8 Å². The molecule has 0 aliphatic carbocycles. The van der Waals surface area contributed by atoms with Gasteiger partial charge in [0.05, 0.1) is 0 Å². The van der Waals surface area contributed by atoms with Crippen molar-refractivity contribution in [2.45, 2.75) is 71.9 Å². The highest BCUT2D eigenvalue weighted by Crippen LogP contribution is 2.19. The number of nitrogens with zero attached hydrogens (tertiary/aromatic N) is 3. The molecule has 0 aliphatic rings. The van der Waals surface area contributed by atoms with Gasteiger partial charge < -0.3 is 0 Å². The lowest BCUT2D eigenvalue weighted by Gasteiger charge is -2.25. The van der Waals surface area contributed by atoms with Crippen LogP contribution in [0.3, 0.4) is 0 Å². The molecular formula is C14H29N5. The first kappa shape index (κ1) is 16.1. The van der Waals surface area contributed by atoms with E-state index in [1.807, 2.05) is 4.68 Å². The molecule has 0 radical (unpaired) electrons. The number of unbranched alkanes of at least 4 members (excludes halogenated alkanes) is 1. The van der Waals surface area contributed by atoms with E-state index in [0.717, 1.165) is 31.6 Å². The fraction of sp³-hybridized carbons (Fsp3) is 0.857. The Bertz CT molecular complexity index is 336. The van der Waals surface area contributed by atoms with E-state index in [0.29, 0.717) is 5.92 Å². The van der Waals surface area contributed by atoms with Crippen LogP contribution in [0.1, 0.15) is 58.7 Å². The van der Waals surface area contributed by atoms with Crippen LogP contribution in [0.2, 0.25) is 0 Å². The summed E-state index contributed by atoms with van der Waals surface area (Å²) in [6, 6.07) is 0.288. The lowest BCUT2D eigenvalue weighted by Crippen LogP contribution is -2.43. The van der Waals surface area contributed by atoms with E-state index in [1.54, 1.807) is 6.33 Å². The monoisotopic (exact) mass is 267 g/mol. The fourth-order valence-electron chi connectivity index (χ4n) is 2.56. The van der Waals surface area contributed by atoms with E-state index >= 15 is 0 Å². The van der Waals surface area contributed by atoms with Crippen molar-refractivity contribution in [3.8, 4) is 0 Å². The summed E-state index contributed by atoms with van der Waals surface area (Å²) in [7, 11) is 0. The van der Waals surface area contributed by atoms with Crippen LogP contribution < -0.4 is 11.3 Å². The Kier molecular flexibility index (Phi) is 7.67. The van der Waals surface area contributed by atoms with E-state index in [2.05, 4.69) is 36.3 Å². The predicted molar refractivity (Wildman–Crippen MR) is 78.4 cm³/mol. The van der Waals surface area contributed by atoms with E-state index in [-0.39, 0.29) is 6.04 Å². The van der Waals surface area contributed by atoms with Crippen LogP contribution in [0.5, 0.6) is 0 Å². The van der Waals surface area contributed by atoms with Gasteiger partial charge in [-0.05, 0) is 18.8 Å². The SMILES string of the molecule is CCCCC(CC)C(Cc1ncnn1CCC)NN. The number of hydrogen-bond donors (Lipinski definition) is 2. The number of hydrazine groups is 1. The summed E-state index contributed by atoms with van der Waals surface area (Å²) in [4.78, 5) is 4.38. The Balaban J connectivity index is 2.65. The van der Waals surface area contributed by atoms with Crippen molar-refractivity contribution in [2.24, 2.45) is 11.8 Å². The maximum absolute atomic E-state index is 5.75. The van der Waals surface area contributed by atoms with Crippen molar-refractivity contribution < 1.29 is 0 Å². The largest absolute Gasteiger partial charge is 0.271 e. The summed E-state index contributed by atoms with van der Waals surface area (Å²) in [6.45, 7) is 7.55. The molecule has 0 fully saturated rings. The van der Waals surface area contributed by atoms with Gasteiger partial charge in [0.2, 0.25) is 0 Å². The van der Waals surface area contributed by atoms with E-state index < -0.39 is 0 Å². The first-order chi connectivity index (χ1) is 9.26. The molecule has 1 heterocycles. The van der Waals surface area contributed by atoms with Gasteiger partial charge in [-0.3, -0.25) is 16.0 Å². The lowest BCUT2D eigenvalue weighted by molar-refractivity contribution is 0.311. The number of hydrogen-bond acceptors (Lipinski definition) is 4. The molecule has 0 saturated heterocycles. The Labute approximate surface area is 116 Å². The molecule has 110 valence electrons. The number of rotatable bonds is 10. The van der Waals surface area contributed by atoms with Crippen molar-refractivity contribution in [1.29, 1.82) is 0 Å². The molecule has 3 N–H and O–H groups in total. The van der Waals surface area contributed by atoms with Crippen LogP contribution in [0.4, 0.5) is 0 Å². The van der Waals surface area contributed by atoms with Gasteiger partial charge in [-0.2, -0.15) is 5.10 Å². The van der Waals surface area contributed by atoms with Crippen LogP contribution in [0.25, 0.3) is 0 Å². The Morgan fingerprint density at radius 3 is 2.68 bits per heavy atom. The van der Waals surface area contributed by atoms with Gasteiger partial charge in [-0.15, -0.1) is 0 Å². The summed E-state index contributed by atoms with van der Waals surface area (Å²) in [5, 5.41) is 4.28. The van der Waals surface area contributed by atoms with E-state index in [4.69, 9.17) is 5.84 Å². The van der Waals surface area contributed by atoms with Gasteiger partial charge in [-0.25, -0.2) is 4.98 Å². The maximum atomic E-state index is 5.75. The second-order valence-electron chi connectivity index (χ2n) is 5.19. The molecule has 0 amide bonds. The average Bonchev–Trinajstić information content (AvgIpc) is 2.86. The van der Waals surface area contributed by atoms with Gasteiger partial charge in [0.1, 0.15) is 12.2 Å². The van der Waals surface area contributed by atoms with Crippen molar-refractivity contribution in [3.63, 3.8) is 0 Å². The topological polar surface area (TPSA) is 68.8 Å². The second-order valence-corrected chi connectivity index (χ2v) is 5.19. The molecule has 2 unspecified atom stereocenters. The number of nitrogens with one attached hydrogen (secondary N) is 1. The third kappa shape index (κ3) is 4.91. The minimum atomic E-state index is 0.288. The van der Waals surface area contributed by atoms with Gasteiger partial charge in [0.15, 0.2) is 0 Å². The standard InChI is InChI=1S/C14H29N5/c1-4-7-8-12(6-3)13(18-15)10-14-16-11-17-19(14)9-5-2/h11-13,18H,4-10,15H2,1-3H3. The minimum Gasteiger partial charge on any atom is -0.271 e. The highest BCUT2D eigenvalue weighted by Gasteiger charge is 2.21. The molecule has 0 bridgehead atoms. The zero-order valence-corrected chi connectivity index (χ0v) is 12.6. The fourth-order valence-corrected chi connectivity index (χ4v) is 2.56. The van der Waals surface area contributed by atoms with Gasteiger partial charge in [0.25, 0.3) is 0 Å². The normalized spacial score (nSPS) is 14.5. The maximum Gasteiger partial charge on any atom is 0.138 e. The van der Waals surface area contributed by atoms with Crippen LogP contribution in [-0.2, 0) is 13.0 Å². The molecule has 0 saturated carbocycles. The van der Waals surface area contributed by atoms with Crippen LogP contribution >= 0.6 is 0 Å². The number of aryl methyl sites for hydroxylation is 1. The van der Waals surface area contributed by atoms with E-state index in [1.165, 1.54) is 19.3 Å². The molecule has 0 aliphatic heterocycles. The zero-order valence-electron chi connectivity index (χ0n) is 12.6. The summed E-state index contributed by atoms with van der Waals surface area (Å²) in [5.74, 6) is 7.40. The highest BCUT2D eigenvalue weighted by atomic mass is 15.3. The third-order valence-electron chi connectivity index (χ3n) is 3.77. The Morgan fingerprint density at radius 1 is 1.32 bits per heavy atom. The zero-order chi connectivity index (χ0) is 14.1. The molecule has 2 atom stereocenters. The molecule has 19 heavy (non-hydrogen) atoms. The highest BCUT2D eigenvalue weighted by molar-refractivity contribution is 4.91. The smallest absolute Gasteiger partial charge is 0.138 e. The summed E-state index contributed by atoms with van der Waals surface area (Å²) in [5.41, 5.74) is 2.99. The molecule has 5 nitrogen and oxygen atoms in total. The van der Waals surface area contributed by atoms with Crippen molar-refractivity contribution in [1.82, 2.24) is 20.2 Å². The number of nitrogens with two attached hydrogens (primary N) is 1. The molecule has 0 spiro atoms. The van der Waals surface area contributed by atoms with Gasteiger partial charge in [0, 0.05) is 19.0 Å². The quantitative estimate of drug-likeness (QED) is 0.504. The van der Waals surface area contributed by atoms with E-state index in [9.17, 15) is 0 Å². The second kappa shape index (κ2) is 9.04. The summed E-state index contributed by atoms with van der Waals surface area (Å²) >= 11 is 0. The van der Waals surface area contributed by atoms with Gasteiger partial charge >= 0.3 is 0 Å². The van der Waals surface area contributed by atoms with Gasteiger partial charge in [-0.1, -0.05) is 40.0 Å². The minimum absolute atomic E-state index is 0.288. The molecular weight excluding hydrogens is 238 g/mol. The van der Waals surface area contributed by atoms with Crippen molar-refractivity contribution >= 4 is 0 Å². The third-order valence-corrected chi connectivity index (χ3v) is 3.77. The first-order valence-corrected chi connectivity index (χ1v) is 7.59. The lowest BCUT2D eigenvalue weighted by atomic mass is 9.89. The van der Waals surface area contributed by atoms with Crippen molar-refractivity contribution in [2.75, 3.05) is 0 Å². The molecule has 0 aromatic carbocycles. The summed E-state index contributed by atoms with van der Waals surface area (Å²) in [6.07, 6.45) is 8.45. The van der Waals surface area contributed by atoms with Crippen molar-refractivity contribution in [3.05, 3.63) is 12.2 Å².